The molecule has 108 valence electrons. The highest BCUT2D eigenvalue weighted by molar-refractivity contribution is 8.00. The predicted molar refractivity (Wildman–Crippen MR) is 83.3 cm³/mol. The minimum absolute atomic E-state index is 0.0971. The lowest BCUT2D eigenvalue weighted by atomic mass is 10.1. The summed E-state index contributed by atoms with van der Waals surface area (Å²) in [6.45, 7) is 11.7. The molecule has 3 heteroatoms. The Balaban J connectivity index is 2.74. The van der Waals surface area contributed by atoms with Gasteiger partial charge in [-0.1, -0.05) is 33.8 Å². The van der Waals surface area contributed by atoms with Crippen LogP contribution in [0.1, 0.15) is 52.6 Å². The lowest BCUT2D eigenvalue weighted by Gasteiger charge is -2.17. The number of benzene rings is 1. The molecule has 2 unspecified atom stereocenters. The first-order valence-electron chi connectivity index (χ1n) is 7.15. The van der Waals surface area contributed by atoms with Crippen LogP contribution >= 0.6 is 11.8 Å². The smallest absolute Gasteiger partial charge is 0.137 e. The zero-order valence-corrected chi connectivity index (χ0v) is 13.5. The number of halogens is 1. The molecule has 1 rings (SSSR count). The molecule has 1 nitrogen and oxygen atoms in total. The van der Waals surface area contributed by atoms with Crippen LogP contribution in [0, 0.1) is 11.7 Å². The Morgan fingerprint density at radius 2 is 1.89 bits per heavy atom. The predicted octanol–water partition coefficient (Wildman–Crippen LogP) is 5.02. The molecule has 1 aromatic carbocycles. The molecular weight excluding hydrogens is 257 g/mol. The summed E-state index contributed by atoms with van der Waals surface area (Å²) < 4.78 is 14.1. The Bertz CT molecular complexity index is 392. The number of thioether (sulfide) groups is 1. The average Bonchev–Trinajstić information content (AvgIpc) is 2.37. The van der Waals surface area contributed by atoms with Crippen molar-refractivity contribution < 1.29 is 4.39 Å². The van der Waals surface area contributed by atoms with E-state index in [1.807, 2.05) is 12.1 Å². The molecule has 0 bridgehead atoms. The van der Waals surface area contributed by atoms with Crippen LogP contribution in [0.5, 0.6) is 0 Å². The van der Waals surface area contributed by atoms with Gasteiger partial charge in [0.05, 0.1) is 0 Å². The molecule has 1 aromatic rings. The average molecular weight is 283 g/mol. The molecule has 0 saturated carbocycles. The molecule has 1 N–H and O–H groups in total. The largest absolute Gasteiger partial charge is 0.310 e. The molecule has 0 heterocycles. The minimum atomic E-state index is -0.0971. The lowest BCUT2D eigenvalue weighted by Crippen LogP contribution is -2.19. The maximum atomic E-state index is 14.1. The summed E-state index contributed by atoms with van der Waals surface area (Å²) in [4.78, 5) is 0.757. The minimum Gasteiger partial charge on any atom is -0.310 e. The maximum absolute atomic E-state index is 14.1. The van der Waals surface area contributed by atoms with Crippen LogP contribution in [-0.2, 0) is 0 Å². The van der Waals surface area contributed by atoms with E-state index in [-0.39, 0.29) is 11.9 Å². The van der Waals surface area contributed by atoms with Crippen LogP contribution in [0.25, 0.3) is 0 Å². The third-order valence-corrected chi connectivity index (χ3v) is 4.91. The van der Waals surface area contributed by atoms with Crippen molar-refractivity contribution in [2.24, 2.45) is 5.92 Å². The van der Waals surface area contributed by atoms with E-state index in [9.17, 15) is 4.39 Å². The van der Waals surface area contributed by atoms with E-state index in [2.05, 4.69) is 39.9 Å². The van der Waals surface area contributed by atoms with E-state index in [1.165, 1.54) is 0 Å². The normalized spacial score (nSPS) is 14.7. The SMILES string of the molecule is CCCNC(C)c1ccc(SC(C)C(C)C)c(F)c1. The van der Waals surface area contributed by atoms with Crippen molar-refractivity contribution in [3.05, 3.63) is 29.6 Å². The molecule has 0 aliphatic carbocycles. The van der Waals surface area contributed by atoms with Crippen molar-refractivity contribution in [2.75, 3.05) is 6.54 Å². The summed E-state index contributed by atoms with van der Waals surface area (Å²) in [5, 5.41) is 3.81. The third kappa shape index (κ3) is 5.15. The summed E-state index contributed by atoms with van der Waals surface area (Å²) in [5.41, 5.74) is 1.02. The zero-order valence-electron chi connectivity index (χ0n) is 12.7. The second kappa shape index (κ2) is 7.91. The highest BCUT2D eigenvalue weighted by Crippen LogP contribution is 2.31. The van der Waals surface area contributed by atoms with Gasteiger partial charge in [-0.15, -0.1) is 11.8 Å². The van der Waals surface area contributed by atoms with Crippen molar-refractivity contribution >= 4 is 11.8 Å². The van der Waals surface area contributed by atoms with E-state index in [0.717, 1.165) is 23.4 Å². The van der Waals surface area contributed by atoms with E-state index < -0.39 is 0 Å². The highest BCUT2D eigenvalue weighted by Gasteiger charge is 2.13. The first-order valence-corrected chi connectivity index (χ1v) is 8.03. The van der Waals surface area contributed by atoms with Crippen LogP contribution in [0.4, 0.5) is 4.39 Å². The highest BCUT2D eigenvalue weighted by atomic mass is 32.2. The first kappa shape index (κ1) is 16.5. The quantitative estimate of drug-likeness (QED) is 0.705. The van der Waals surface area contributed by atoms with Gasteiger partial charge in [-0.05, 0) is 43.5 Å². The van der Waals surface area contributed by atoms with Gasteiger partial charge in [0.1, 0.15) is 5.82 Å². The lowest BCUT2D eigenvalue weighted by molar-refractivity contribution is 0.555. The van der Waals surface area contributed by atoms with Crippen molar-refractivity contribution in [3.8, 4) is 0 Å². The molecular formula is C16H26FNS. The van der Waals surface area contributed by atoms with Crippen LogP contribution in [-0.4, -0.2) is 11.8 Å². The first-order chi connectivity index (χ1) is 8.95. The molecule has 0 aromatic heterocycles. The molecule has 2 atom stereocenters. The molecule has 0 aliphatic rings. The van der Waals surface area contributed by atoms with Gasteiger partial charge in [-0.25, -0.2) is 4.39 Å². The van der Waals surface area contributed by atoms with E-state index in [0.29, 0.717) is 11.2 Å². The molecule has 0 radical (unpaired) electrons. The van der Waals surface area contributed by atoms with Crippen molar-refractivity contribution in [1.29, 1.82) is 0 Å². The number of hydrogen-bond donors (Lipinski definition) is 1. The third-order valence-electron chi connectivity index (χ3n) is 3.41. The standard InChI is InChI=1S/C16H26FNS/c1-6-9-18-12(4)14-7-8-16(15(17)10-14)19-13(5)11(2)3/h7-8,10-13,18H,6,9H2,1-5H3. The van der Waals surface area contributed by atoms with Crippen molar-refractivity contribution in [1.82, 2.24) is 5.32 Å². The van der Waals surface area contributed by atoms with Gasteiger partial charge in [-0.2, -0.15) is 0 Å². The fourth-order valence-electron chi connectivity index (χ4n) is 1.70. The van der Waals surface area contributed by atoms with Gasteiger partial charge >= 0.3 is 0 Å². The van der Waals surface area contributed by atoms with Crippen LogP contribution in [0.15, 0.2) is 23.1 Å². The van der Waals surface area contributed by atoms with Crippen molar-refractivity contribution in [3.63, 3.8) is 0 Å². The maximum Gasteiger partial charge on any atom is 0.137 e. The van der Waals surface area contributed by atoms with Crippen LogP contribution < -0.4 is 5.32 Å². The Hall–Kier alpha value is -0.540. The fraction of sp³-hybridized carbons (Fsp3) is 0.625. The summed E-state index contributed by atoms with van der Waals surface area (Å²) in [7, 11) is 0. The second-order valence-corrected chi connectivity index (χ2v) is 6.85. The van der Waals surface area contributed by atoms with Crippen LogP contribution in [0.3, 0.4) is 0 Å². The fourth-order valence-corrected chi connectivity index (χ4v) is 2.69. The molecule has 19 heavy (non-hydrogen) atoms. The summed E-state index contributed by atoms with van der Waals surface area (Å²) >= 11 is 1.62. The Labute approximate surface area is 121 Å². The Morgan fingerprint density at radius 1 is 1.21 bits per heavy atom. The molecule has 0 spiro atoms. The van der Waals surface area contributed by atoms with Crippen molar-refractivity contribution in [2.45, 2.75) is 57.2 Å². The molecule has 0 aliphatic heterocycles. The second-order valence-electron chi connectivity index (χ2n) is 5.43. The van der Waals surface area contributed by atoms with E-state index >= 15 is 0 Å². The molecule has 0 amide bonds. The van der Waals surface area contributed by atoms with Gasteiger partial charge in [0.15, 0.2) is 0 Å². The Kier molecular flexibility index (Phi) is 6.87. The monoisotopic (exact) mass is 283 g/mol. The van der Waals surface area contributed by atoms with Gasteiger partial charge < -0.3 is 5.32 Å². The van der Waals surface area contributed by atoms with Crippen LogP contribution in [0.2, 0.25) is 0 Å². The summed E-state index contributed by atoms with van der Waals surface area (Å²) in [5.74, 6) is 0.453. The summed E-state index contributed by atoms with van der Waals surface area (Å²) in [6, 6.07) is 5.82. The van der Waals surface area contributed by atoms with E-state index in [4.69, 9.17) is 0 Å². The number of nitrogens with one attached hydrogen (secondary N) is 1. The topological polar surface area (TPSA) is 12.0 Å². The number of rotatable bonds is 7. The molecule has 0 fully saturated rings. The summed E-state index contributed by atoms with van der Waals surface area (Å²) in [6.07, 6.45) is 1.09. The van der Waals surface area contributed by atoms with Gasteiger partial charge in [0.25, 0.3) is 0 Å². The van der Waals surface area contributed by atoms with E-state index in [1.54, 1.807) is 17.8 Å². The zero-order chi connectivity index (χ0) is 14.4. The van der Waals surface area contributed by atoms with Gasteiger partial charge in [0, 0.05) is 16.2 Å². The molecule has 0 saturated heterocycles. The Morgan fingerprint density at radius 3 is 2.42 bits per heavy atom. The van der Waals surface area contributed by atoms with Gasteiger partial charge in [0.2, 0.25) is 0 Å². The van der Waals surface area contributed by atoms with Gasteiger partial charge in [-0.3, -0.25) is 0 Å². The number of hydrogen-bond acceptors (Lipinski definition) is 2.